The number of nitrogens with one attached hydrogen (secondary N) is 2. The van der Waals surface area contributed by atoms with Crippen molar-refractivity contribution in [3.8, 4) is 17.1 Å². The Labute approximate surface area is 167 Å². The summed E-state index contributed by atoms with van der Waals surface area (Å²) < 4.78 is 1.72. The Balaban J connectivity index is 1.44. The van der Waals surface area contributed by atoms with Gasteiger partial charge >= 0.3 is 0 Å². The number of hydrogen-bond acceptors (Lipinski definition) is 4. The van der Waals surface area contributed by atoms with Crippen LogP contribution in [0, 0.1) is 0 Å². The fraction of sp³-hybridized carbons (Fsp3) is 0.182. The fourth-order valence-electron chi connectivity index (χ4n) is 3.71. The number of fused-ring (bicyclic) bond motifs is 1. The summed E-state index contributed by atoms with van der Waals surface area (Å²) in [4.78, 5) is 17.5. The number of amides is 1. The molecule has 2 aromatic carbocycles. The first-order valence-corrected chi connectivity index (χ1v) is 9.68. The summed E-state index contributed by atoms with van der Waals surface area (Å²) >= 11 is 0. The van der Waals surface area contributed by atoms with Crippen LogP contribution >= 0.6 is 0 Å². The minimum atomic E-state index is -0.259. The van der Waals surface area contributed by atoms with Crippen molar-refractivity contribution < 1.29 is 4.79 Å². The molecule has 2 aromatic heterocycles. The van der Waals surface area contributed by atoms with Crippen LogP contribution in [-0.2, 0) is 12.8 Å². The van der Waals surface area contributed by atoms with Gasteiger partial charge in [-0.2, -0.15) is 5.10 Å². The van der Waals surface area contributed by atoms with Gasteiger partial charge in [0.05, 0.1) is 11.9 Å². The first kappa shape index (κ1) is 17.4. The second-order valence-corrected chi connectivity index (χ2v) is 7.16. The van der Waals surface area contributed by atoms with Gasteiger partial charge in [-0.25, -0.2) is 9.67 Å². The SMILES string of the molecule is O=C(NC1CCc2cn[nH]c2C1)c1nc(-c2ccccc2)n(-c2ccccc2)n1. The number of carbonyl (C=O) groups excluding carboxylic acids is 1. The Morgan fingerprint density at radius 1 is 1.07 bits per heavy atom. The summed E-state index contributed by atoms with van der Waals surface area (Å²) in [6.45, 7) is 0. The van der Waals surface area contributed by atoms with Gasteiger partial charge in [-0.15, -0.1) is 5.10 Å². The summed E-state index contributed by atoms with van der Waals surface area (Å²) in [7, 11) is 0. The van der Waals surface area contributed by atoms with Gasteiger partial charge in [0, 0.05) is 23.7 Å². The van der Waals surface area contributed by atoms with Crippen LogP contribution in [0.4, 0.5) is 0 Å². The molecule has 0 saturated heterocycles. The lowest BCUT2D eigenvalue weighted by molar-refractivity contribution is 0.0923. The van der Waals surface area contributed by atoms with E-state index >= 15 is 0 Å². The van der Waals surface area contributed by atoms with Crippen molar-refractivity contribution in [2.75, 3.05) is 0 Å². The zero-order valence-corrected chi connectivity index (χ0v) is 15.7. The molecule has 0 fully saturated rings. The average Bonchev–Trinajstić information content (AvgIpc) is 3.42. The molecule has 7 heteroatoms. The number of aryl methyl sites for hydroxylation is 1. The van der Waals surface area contributed by atoms with Crippen molar-refractivity contribution in [1.82, 2.24) is 30.3 Å². The summed E-state index contributed by atoms with van der Waals surface area (Å²) in [5.74, 6) is 0.550. The Morgan fingerprint density at radius 2 is 1.83 bits per heavy atom. The molecule has 2 heterocycles. The Kier molecular flexibility index (Phi) is 4.40. The third-order valence-corrected chi connectivity index (χ3v) is 5.20. The second-order valence-electron chi connectivity index (χ2n) is 7.16. The summed E-state index contributed by atoms with van der Waals surface area (Å²) in [5.41, 5.74) is 4.09. The highest BCUT2D eigenvalue weighted by Gasteiger charge is 2.25. The molecule has 2 N–H and O–H groups in total. The smallest absolute Gasteiger partial charge is 0.291 e. The highest BCUT2D eigenvalue weighted by molar-refractivity contribution is 5.91. The molecular weight excluding hydrogens is 364 g/mol. The van der Waals surface area contributed by atoms with Crippen LogP contribution < -0.4 is 5.32 Å². The molecule has 1 amide bonds. The van der Waals surface area contributed by atoms with Gasteiger partial charge in [-0.3, -0.25) is 9.89 Å². The van der Waals surface area contributed by atoms with E-state index < -0.39 is 0 Å². The monoisotopic (exact) mass is 384 g/mol. The van der Waals surface area contributed by atoms with E-state index in [1.807, 2.05) is 66.9 Å². The number of benzene rings is 2. The average molecular weight is 384 g/mol. The largest absolute Gasteiger partial charge is 0.346 e. The normalized spacial score (nSPS) is 15.7. The molecule has 0 bridgehead atoms. The highest BCUT2D eigenvalue weighted by Crippen LogP contribution is 2.22. The molecule has 0 spiro atoms. The van der Waals surface area contributed by atoms with Crippen LogP contribution in [0.1, 0.15) is 28.3 Å². The summed E-state index contributed by atoms with van der Waals surface area (Å²) in [6, 6.07) is 19.5. The minimum Gasteiger partial charge on any atom is -0.346 e. The third-order valence-electron chi connectivity index (χ3n) is 5.20. The van der Waals surface area contributed by atoms with Gasteiger partial charge in [0.15, 0.2) is 5.82 Å². The molecule has 29 heavy (non-hydrogen) atoms. The van der Waals surface area contributed by atoms with Crippen LogP contribution in [0.25, 0.3) is 17.1 Å². The molecular formula is C22H20N6O. The molecule has 7 nitrogen and oxygen atoms in total. The fourth-order valence-corrected chi connectivity index (χ4v) is 3.71. The van der Waals surface area contributed by atoms with E-state index in [9.17, 15) is 4.79 Å². The molecule has 1 unspecified atom stereocenters. The van der Waals surface area contributed by atoms with Crippen LogP contribution in [0.2, 0.25) is 0 Å². The molecule has 0 radical (unpaired) electrons. The Morgan fingerprint density at radius 3 is 2.62 bits per heavy atom. The number of aromatic amines is 1. The van der Waals surface area contributed by atoms with Crippen LogP contribution in [0.15, 0.2) is 66.9 Å². The van der Waals surface area contributed by atoms with Crippen LogP contribution in [0.5, 0.6) is 0 Å². The number of para-hydroxylation sites is 1. The van der Waals surface area contributed by atoms with Crippen molar-refractivity contribution in [2.24, 2.45) is 0 Å². The molecule has 4 aromatic rings. The van der Waals surface area contributed by atoms with Gasteiger partial charge in [0.25, 0.3) is 5.91 Å². The number of hydrogen-bond donors (Lipinski definition) is 2. The van der Waals surface area contributed by atoms with Crippen LogP contribution in [-0.4, -0.2) is 36.9 Å². The van der Waals surface area contributed by atoms with Crippen molar-refractivity contribution in [2.45, 2.75) is 25.3 Å². The predicted octanol–water partition coefficient (Wildman–Crippen LogP) is 2.94. The van der Waals surface area contributed by atoms with Gasteiger partial charge in [0.1, 0.15) is 0 Å². The maximum Gasteiger partial charge on any atom is 0.291 e. The van der Waals surface area contributed by atoms with E-state index in [0.717, 1.165) is 36.2 Å². The second kappa shape index (κ2) is 7.35. The third kappa shape index (κ3) is 3.42. The molecule has 0 aliphatic heterocycles. The Bertz CT molecular complexity index is 1080. The molecule has 0 saturated carbocycles. The Hall–Kier alpha value is -3.74. The molecule has 1 aliphatic carbocycles. The van der Waals surface area contributed by atoms with Crippen molar-refractivity contribution in [3.63, 3.8) is 0 Å². The van der Waals surface area contributed by atoms with E-state index in [2.05, 4.69) is 25.6 Å². The van der Waals surface area contributed by atoms with Crippen molar-refractivity contribution >= 4 is 5.91 Å². The van der Waals surface area contributed by atoms with E-state index in [1.165, 1.54) is 5.56 Å². The van der Waals surface area contributed by atoms with Gasteiger partial charge < -0.3 is 5.32 Å². The van der Waals surface area contributed by atoms with E-state index in [-0.39, 0.29) is 17.8 Å². The first-order valence-electron chi connectivity index (χ1n) is 9.68. The van der Waals surface area contributed by atoms with Crippen molar-refractivity contribution in [3.05, 3.63) is 83.9 Å². The molecule has 1 atom stereocenters. The number of carbonyl (C=O) groups is 1. The maximum atomic E-state index is 12.9. The molecule has 5 rings (SSSR count). The number of nitrogens with zero attached hydrogens (tertiary/aromatic N) is 4. The highest BCUT2D eigenvalue weighted by atomic mass is 16.2. The lowest BCUT2D eigenvalue weighted by atomic mass is 9.94. The zero-order valence-electron chi connectivity index (χ0n) is 15.7. The topological polar surface area (TPSA) is 88.5 Å². The summed E-state index contributed by atoms with van der Waals surface area (Å²) in [6.07, 6.45) is 4.38. The molecule has 144 valence electrons. The molecule has 1 aliphatic rings. The first-order chi connectivity index (χ1) is 14.3. The number of aromatic nitrogens is 5. The van der Waals surface area contributed by atoms with Gasteiger partial charge in [0.2, 0.25) is 5.82 Å². The predicted molar refractivity (Wildman–Crippen MR) is 109 cm³/mol. The van der Waals surface area contributed by atoms with Gasteiger partial charge in [-0.1, -0.05) is 48.5 Å². The van der Waals surface area contributed by atoms with E-state index in [1.54, 1.807) is 4.68 Å². The van der Waals surface area contributed by atoms with Gasteiger partial charge in [-0.05, 0) is 30.5 Å². The number of H-pyrrole nitrogens is 1. The van der Waals surface area contributed by atoms with E-state index in [0.29, 0.717) is 5.82 Å². The lowest BCUT2D eigenvalue weighted by Crippen LogP contribution is -2.39. The minimum absolute atomic E-state index is 0.0410. The zero-order chi connectivity index (χ0) is 19.6. The van der Waals surface area contributed by atoms with E-state index in [4.69, 9.17) is 0 Å². The van der Waals surface area contributed by atoms with Crippen LogP contribution in [0.3, 0.4) is 0 Å². The quantitative estimate of drug-likeness (QED) is 0.566. The van der Waals surface area contributed by atoms with Crippen molar-refractivity contribution in [1.29, 1.82) is 0 Å². The lowest BCUT2D eigenvalue weighted by Gasteiger charge is -2.22. The number of rotatable bonds is 4. The summed E-state index contributed by atoms with van der Waals surface area (Å²) in [5, 5.41) is 14.7. The maximum absolute atomic E-state index is 12.9. The standard InChI is InChI=1S/C22H20N6O/c29-22(24-17-12-11-16-14-23-26-19(16)13-17)20-25-21(15-7-3-1-4-8-15)28(27-20)18-9-5-2-6-10-18/h1-10,14,17H,11-13H2,(H,23,26)(H,24,29).